The standard InChI is InChI=1S/C21H24N2O6/c1-25-16-9-5-6-10-17(16)29-12-8-7-11-22-21(24)23-15-13-18(26-2)20(28-4)19(14-15)27-3/h5-6,9-10,13-14H,11-12H2,1-4H3,(H2,22,23,24). The van der Waals surface area contributed by atoms with Gasteiger partial charge in [0.05, 0.1) is 40.7 Å². The Labute approximate surface area is 170 Å². The second-order valence-electron chi connectivity index (χ2n) is 5.51. The Kier molecular flexibility index (Phi) is 8.32. The Balaban J connectivity index is 1.84. The summed E-state index contributed by atoms with van der Waals surface area (Å²) in [6.45, 7) is 0.335. The van der Waals surface area contributed by atoms with Crippen LogP contribution in [0.2, 0.25) is 0 Å². The van der Waals surface area contributed by atoms with Crippen LogP contribution in [-0.2, 0) is 0 Å². The SMILES string of the molecule is COc1ccccc1OCC#CCNC(=O)Nc1cc(OC)c(OC)c(OC)c1. The molecule has 0 aliphatic carbocycles. The highest BCUT2D eigenvalue weighted by Gasteiger charge is 2.14. The van der Waals surface area contributed by atoms with Gasteiger partial charge in [-0.15, -0.1) is 0 Å². The van der Waals surface area contributed by atoms with Crippen molar-refractivity contribution in [3.8, 4) is 40.6 Å². The maximum Gasteiger partial charge on any atom is 0.319 e. The van der Waals surface area contributed by atoms with Gasteiger partial charge in [-0.3, -0.25) is 0 Å². The topological polar surface area (TPSA) is 87.3 Å². The zero-order valence-electron chi connectivity index (χ0n) is 16.8. The van der Waals surface area contributed by atoms with E-state index in [1.165, 1.54) is 21.3 Å². The summed E-state index contributed by atoms with van der Waals surface area (Å²) < 4.78 is 26.5. The van der Waals surface area contributed by atoms with E-state index in [9.17, 15) is 4.79 Å². The quantitative estimate of drug-likeness (QED) is 0.663. The summed E-state index contributed by atoms with van der Waals surface area (Å²) >= 11 is 0. The van der Waals surface area contributed by atoms with Crippen LogP contribution in [0, 0.1) is 11.8 Å². The minimum absolute atomic E-state index is 0.158. The van der Waals surface area contributed by atoms with Crippen LogP contribution in [0.15, 0.2) is 36.4 Å². The minimum atomic E-state index is -0.417. The number of nitrogens with one attached hydrogen (secondary N) is 2. The normalized spacial score (nSPS) is 9.52. The van der Waals surface area contributed by atoms with E-state index >= 15 is 0 Å². The number of hydrogen-bond donors (Lipinski definition) is 2. The Morgan fingerprint density at radius 2 is 1.48 bits per heavy atom. The molecule has 0 unspecified atom stereocenters. The van der Waals surface area contributed by atoms with Crippen molar-refractivity contribution in [2.45, 2.75) is 0 Å². The van der Waals surface area contributed by atoms with Gasteiger partial charge in [0.25, 0.3) is 0 Å². The fourth-order valence-corrected chi connectivity index (χ4v) is 2.42. The number of methoxy groups -OCH3 is 4. The molecule has 2 rings (SSSR count). The third-order valence-electron chi connectivity index (χ3n) is 3.75. The van der Waals surface area contributed by atoms with Crippen molar-refractivity contribution >= 4 is 11.7 Å². The molecule has 0 radical (unpaired) electrons. The Morgan fingerprint density at radius 1 is 0.862 bits per heavy atom. The second kappa shape index (κ2) is 11.2. The van der Waals surface area contributed by atoms with Gasteiger partial charge >= 0.3 is 6.03 Å². The van der Waals surface area contributed by atoms with E-state index in [4.69, 9.17) is 23.7 Å². The first-order chi connectivity index (χ1) is 14.1. The van der Waals surface area contributed by atoms with E-state index in [2.05, 4.69) is 22.5 Å². The van der Waals surface area contributed by atoms with E-state index in [0.29, 0.717) is 34.4 Å². The van der Waals surface area contributed by atoms with Gasteiger partial charge in [-0.25, -0.2) is 4.79 Å². The Hall–Kier alpha value is -3.73. The molecule has 0 saturated heterocycles. The maximum atomic E-state index is 12.1. The molecule has 0 heterocycles. The first-order valence-electron chi connectivity index (χ1n) is 8.69. The van der Waals surface area contributed by atoms with E-state index < -0.39 is 6.03 Å². The molecule has 2 aromatic carbocycles. The van der Waals surface area contributed by atoms with Crippen LogP contribution in [0.4, 0.5) is 10.5 Å². The monoisotopic (exact) mass is 400 g/mol. The number of anilines is 1. The van der Waals surface area contributed by atoms with Crippen LogP contribution in [0.1, 0.15) is 0 Å². The zero-order chi connectivity index (χ0) is 21.1. The number of para-hydroxylation sites is 2. The lowest BCUT2D eigenvalue weighted by molar-refractivity contribution is 0.253. The number of amides is 2. The number of carbonyl (C=O) groups is 1. The van der Waals surface area contributed by atoms with Crippen molar-refractivity contribution in [1.82, 2.24) is 5.32 Å². The van der Waals surface area contributed by atoms with Crippen molar-refractivity contribution in [1.29, 1.82) is 0 Å². The predicted molar refractivity (Wildman–Crippen MR) is 109 cm³/mol. The summed E-state index contributed by atoms with van der Waals surface area (Å²) in [6, 6.07) is 10.1. The average molecular weight is 400 g/mol. The van der Waals surface area contributed by atoms with Crippen LogP contribution in [0.25, 0.3) is 0 Å². The van der Waals surface area contributed by atoms with Gasteiger partial charge in [-0.05, 0) is 12.1 Å². The van der Waals surface area contributed by atoms with Crippen LogP contribution in [0.5, 0.6) is 28.7 Å². The fraction of sp³-hybridized carbons (Fsp3) is 0.286. The molecule has 0 saturated carbocycles. The summed E-state index contributed by atoms with van der Waals surface area (Å²) in [5.74, 6) is 8.22. The minimum Gasteiger partial charge on any atom is -0.493 e. The van der Waals surface area contributed by atoms with Gasteiger partial charge in [-0.2, -0.15) is 0 Å². The third-order valence-corrected chi connectivity index (χ3v) is 3.75. The van der Waals surface area contributed by atoms with Gasteiger partial charge < -0.3 is 34.3 Å². The lowest BCUT2D eigenvalue weighted by Crippen LogP contribution is -2.29. The molecule has 2 amide bonds. The summed E-state index contributed by atoms with van der Waals surface area (Å²) in [6.07, 6.45) is 0. The van der Waals surface area contributed by atoms with E-state index in [1.807, 2.05) is 12.1 Å². The van der Waals surface area contributed by atoms with Crippen molar-refractivity contribution in [2.75, 3.05) is 46.9 Å². The first kappa shape index (κ1) is 21.6. The van der Waals surface area contributed by atoms with Gasteiger partial charge in [0.2, 0.25) is 5.75 Å². The highest BCUT2D eigenvalue weighted by atomic mass is 16.5. The third kappa shape index (κ3) is 6.14. The lowest BCUT2D eigenvalue weighted by Gasteiger charge is -2.14. The molecular weight excluding hydrogens is 376 g/mol. The van der Waals surface area contributed by atoms with Crippen LogP contribution < -0.4 is 34.3 Å². The summed E-state index contributed by atoms with van der Waals surface area (Å²) in [5, 5.41) is 5.33. The molecule has 0 aliphatic heterocycles. The Bertz CT molecular complexity index is 863. The molecule has 0 bridgehead atoms. The highest BCUT2D eigenvalue weighted by molar-refractivity contribution is 5.90. The van der Waals surface area contributed by atoms with Gasteiger partial charge in [-0.1, -0.05) is 24.0 Å². The molecule has 154 valence electrons. The summed E-state index contributed by atoms with van der Waals surface area (Å²) in [5.41, 5.74) is 0.490. The molecule has 0 aliphatic rings. The average Bonchev–Trinajstić information content (AvgIpc) is 2.75. The van der Waals surface area contributed by atoms with E-state index in [1.54, 1.807) is 31.4 Å². The molecule has 0 spiro atoms. The zero-order valence-corrected chi connectivity index (χ0v) is 16.8. The largest absolute Gasteiger partial charge is 0.493 e. The maximum absolute atomic E-state index is 12.1. The summed E-state index contributed by atoms with van der Waals surface area (Å²) in [7, 11) is 6.09. The molecule has 2 N–H and O–H groups in total. The highest BCUT2D eigenvalue weighted by Crippen LogP contribution is 2.39. The molecule has 0 fully saturated rings. The van der Waals surface area contributed by atoms with Crippen molar-refractivity contribution in [3.63, 3.8) is 0 Å². The number of hydrogen-bond acceptors (Lipinski definition) is 6. The van der Waals surface area contributed by atoms with Crippen molar-refractivity contribution in [3.05, 3.63) is 36.4 Å². The second-order valence-corrected chi connectivity index (χ2v) is 5.51. The number of benzene rings is 2. The molecule has 8 heteroatoms. The van der Waals surface area contributed by atoms with Gasteiger partial charge in [0.15, 0.2) is 23.0 Å². The first-order valence-corrected chi connectivity index (χ1v) is 8.69. The number of urea groups is 1. The smallest absolute Gasteiger partial charge is 0.319 e. The van der Waals surface area contributed by atoms with Crippen molar-refractivity contribution < 1.29 is 28.5 Å². The fourth-order valence-electron chi connectivity index (χ4n) is 2.42. The molecule has 0 atom stereocenters. The van der Waals surface area contributed by atoms with Gasteiger partial charge in [0, 0.05) is 12.1 Å². The van der Waals surface area contributed by atoms with Crippen molar-refractivity contribution in [2.24, 2.45) is 0 Å². The number of ether oxygens (including phenoxy) is 5. The Morgan fingerprint density at radius 3 is 2.07 bits per heavy atom. The predicted octanol–water partition coefficient (Wildman–Crippen LogP) is 2.92. The van der Waals surface area contributed by atoms with Crippen LogP contribution in [-0.4, -0.2) is 47.6 Å². The van der Waals surface area contributed by atoms with E-state index in [0.717, 1.165) is 0 Å². The number of rotatable bonds is 8. The molecule has 29 heavy (non-hydrogen) atoms. The lowest BCUT2D eigenvalue weighted by atomic mass is 10.2. The molecular formula is C21H24N2O6. The molecule has 8 nitrogen and oxygen atoms in total. The molecule has 0 aromatic heterocycles. The van der Waals surface area contributed by atoms with Crippen LogP contribution >= 0.6 is 0 Å². The number of carbonyl (C=O) groups excluding carboxylic acids is 1. The van der Waals surface area contributed by atoms with Crippen LogP contribution in [0.3, 0.4) is 0 Å². The summed E-state index contributed by atoms with van der Waals surface area (Å²) in [4.78, 5) is 12.1. The van der Waals surface area contributed by atoms with E-state index in [-0.39, 0.29) is 13.2 Å². The molecule has 2 aromatic rings. The van der Waals surface area contributed by atoms with Gasteiger partial charge in [0.1, 0.15) is 6.61 Å².